The van der Waals surface area contributed by atoms with E-state index in [1.54, 1.807) is 30.6 Å². The first-order valence-corrected chi connectivity index (χ1v) is 9.32. The maximum Gasteiger partial charge on any atom is 0.267 e. The predicted octanol–water partition coefficient (Wildman–Crippen LogP) is 3.94. The highest BCUT2D eigenvalue weighted by atomic mass is 16.2. The fourth-order valence-electron chi connectivity index (χ4n) is 3.66. The summed E-state index contributed by atoms with van der Waals surface area (Å²) in [5.74, 6) is -0.390. The van der Waals surface area contributed by atoms with Crippen LogP contribution in [0, 0.1) is 0 Å². The second-order valence-electron chi connectivity index (χ2n) is 7.28. The number of pyridine rings is 2. The third-order valence-electron chi connectivity index (χ3n) is 5.20. The largest absolute Gasteiger partial charge is 0.275 e. The Kier molecular flexibility index (Phi) is 3.77. The summed E-state index contributed by atoms with van der Waals surface area (Å²) in [4.78, 5) is 36.0. The molecular formula is C22H17N5O2. The van der Waals surface area contributed by atoms with E-state index in [-0.39, 0.29) is 17.4 Å². The van der Waals surface area contributed by atoms with E-state index in [4.69, 9.17) is 0 Å². The standard InChI is InChI=1S/C22H17N5O2/c1-12(2)13-5-7-15(8-6-13)27-21(28)16-11-24-20-18(17(16)22(27)29)19(25-26-20)14-4-3-9-23-10-14/h3-12H,1-2H3,(H,24,25,26). The number of carbonyl (C=O) groups is 2. The topological polar surface area (TPSA) is 91.8 Å². The molecule has 1 aromatic carbocycles. The first-order valence-electron chi connectivity index (χ1n) is 9.32. The van der Waals surface area contributed by atoms with Gasteiger partial charge in [-0.15, -0.1) is 0 Å². The van der Waals surface area contributed by atoms with E-state index in [9.17, 15) is 9.59 Å². The van der Waals surface area contributed by atoms with Crippen LogP contribution in [0.15, 0.2) is 55.0 Å². The van der Waals surface area contributed by atoms with Gasteiger partial charge in [-0.05, 0) is 35.7 Å². The van der Waals surface area contributed by atoms with Crippen molar-refractivity contribution in [2.24, 2.45) is 0 Å². The molecule has 0 saturated heterocycles. The smallest absolute Gasteiger partial charge is 0.267 e. The normalized spacial score (nSPS) is 13.6. The fourth-order valence-corrected chi connectivity index (χ4v) is 3.66. The molecule has 5 rings (SSSR count). The first kappa shape index (κ1) is 17.2. The van der Waals surface area contributed by atoms with Gasteiger partial charge in [-0.3, -0.25) is 19.7 Å². The van der Waals surface area contributed by atoms with Crippen molar-refractivity contribution in [3.8, 4) is 11.3 Å². The summed E-state index contributed by atoms with van der Waals surface area (Å²) in [7, 11) is 0. The number of carbonyl (C=O) groups excluding carboxylic acids is 2. The van der Waals surface area contributed by atoms with E-state index in [0.717, 1.165) is 11.1 Å². The number of benzene rings is 1. The number of amides is 2. The Labute approximate surface area is 166 Å². The van der Waals surface area contributed by atoms with Gasteiger partial charge in [0.2, 0.25) is 0 Å². The number of nitrogens with zero attached hydrogens (tertiary/aromatic N) is 4. The molecule has 0 fully saturated rings. The van der Waals surface area contributed by atoms with Crippen LogP contribution in [0.2, 0.25) is 0 Å². The number of rotatable bonds is 3. The summed E-state index contributed by atoms with van der Waals surface area (Å²) in [5.41, 5.74) is 4.06. The molecule has 1 aliphatic heterocycles. The molecule has 0 atom stereocenters. The maximum atomic E-state index is 13.3. The minimum atomic E-state index is -0.380. The Morgan fingerprint density at radius 2 is 1.79 bits per heavy atom. The Morgan fingerprint density at radius 3 is 2.48 bits per heavy atom. The summed E-state index contributed by atoms with van der Waals surface area (Å²) in [6.45, 7) is 4.19. The number of hydrogen-bond acceptors (Lipinski definition) is 5. The van der Waals surface area contributed by atoms with E-state index >= 15 is 0 Å². The van der Waals surface area contributed by atoms with Gasteiger partial charge in [0, 0.05) is 24.2 Å². The number of fused-ring (bicyclic) bond motifs is 3. The van der Waals surface area contributed by atoms with Gasteiger partial charge >= 0.3 is 0 Å². The van der Waals surface area contributed by atoms with Gasteiger partial charge in [-0.2, -0.15) is 5.10 Å². The molecular weight excluding hydrogens is 366 g/mol. The van der Waals surface area contributed by atoms with Gasteiger partial charge < -0.3 is 0 Å². The molecule has 4 heterocycles. The van der Waals surface area contributed by atoms with Crippen LogP contribution in [0.4, 0.5) is 5.69 Å². The van der Waals surface area contributed by atoms with Gasteiger partial charge in [-0.1, -0.05) is 26.0 Å². The SMILES string of the molecule is CC(C)c1ccc(N2C(=O)c3cnc4n[nH]c(-c5cccnc5)c4c3C2=O)cc1. The molecule has 7 heteroatoms. The van der Waals surface area contributed by atoms with Crippen LogP contribution in [-0.4, -0.2) is 32.0 Å². The number of aromatic amines is 1. The lowest BCUT2D eigenvalue weighted by molar-refractivity contribution is 0.0926. The lowest BCUT2D eigenvalue weighted by Gasteiger charge is -2.15. The van der Waals surface area contributed by atoms with Crippen molar-refractivity contribution in [1.29, 1.82) is 0 Å². The van der Waals surface area contributed by atoms with Gasteiger partial charge in [-0.25, -0.2) is 9.88 Å². The van der Waals surface area contributed by atoms with E-state index in [0.29, 0.717) is 33.9 Å². The molecule has 0 saturated carbocycles. The number of imide groups is 1. The molecule has 0 aliphatic carbocycles. The molecule has 1 N–H and O–H groups in total. The summed E-state index contributed by atoms with van der Waals surface area (Å²) >= 11 is 0. The van der Waals surface area contributed by atoms with Crippen LogP contribution in [0.5, 0.6) is 0 Å². The van der Waals surface area contributed by atoms with Crippen molar-refractivity contribution in [2.75, 3.05) is 4.90 Å². The monoisotopic (exact) mass is 383 g/mol. The number of aromatic nitrogens is 4. The Bertz CT molecular complexity index is 1260. The zero-order chi connectivity index (χ0) is 20.1. The third-order valence-corrected chi connectivity index (χ3v) is 5.20. The molecule has 7 nitrogen and oxygen atoms in total. The lowest BCUT2D eigenvalue weighted by Crippen LogP contribution is -2.29. The number of hydrogen-bond donors (Lipinski definition) is 1. The van der Waals surface area contributed by atoms with E-state index < -0.39 is 0 Å². The summed E-state index contributed by atoms with van der Waals surface area (Å²) in [6.07, 6.45) is 4.77. The second kappa shape index (κ2) is 6.34. The lowest BCUT2D eigenvalue weighted by atomic mass is 10.0. The van der Waals surface area contributed by atoms with Crippen molar-refractivity contribution >= 4 is 28.5 Å². The highest BCUT2D eigenvalue weighted by molar-refractivity contribution is 6.38. The van der Waals surface area contributed by atoms with E-state index in [2.05, 4.69) is 34.0 Å². The summed E-state index contributed by atoms with van der Waals surface area (Å²) in [6, 6.07) is 11.2. The van der Waals surface area contributed by atoms with Gasteiger partial charge in [0.15, 0.2) is 5.65 Å². The van der Waals surface area contributed by atoms with Crippen molar-refractivity contribution < 1.29 is 9.59 Å². The summed E-state index contributed by atoms with van der Waals surface area (Å²) < 4.78 is 0. The minimum absolute atomic E-state index is 0.280. The van der Waals surface area contributed by atoms with Crippen LogP contribution in [-0.2, 0) is 0 Å². The average molecular weight is 383 g/mol. The third kappa shape index (κ3) is 2.55. The average Bonchev–Trinajstić information content (AvgIpc) is 3.28. The molecule has 142 valence electrons. The fraction of sp³-hybridized carbons (Fsp3) is 0.136. The van der Waals surface area contributed by atoms with Gasteiger partial charge in [0.05, 0.1) is 27.9 Å². The highest BCUT2D eigenvalue weighted by Crippen LogP contribution is 2.36. The summed E-state index contributed by atoms with van der Waals surface area (Å²) in [5, 5.41) is 7.69. The maximum absolute atomic E-state index is 13.3. The molecule has 0 unspecified atom stereocenters. The number of nitrogens with one attached hydrogen (secondary N) is 1. The van der Waals surface area contributed by atoms with Crippen LogP contribution in [0.25, 0.3) is 22.3 Å². The molecule has 0 bridgehead atoms. The quantitative estimate of drug-likeness (QED) is 0.541. The van der Waals surface area contributed by atoms with Crippen LogP contribution >= 0.6 is 0 Å². The van der Waals surface area contributed by atoms with E-state index in [1.165, 1.54) is 11.1 Å². The van der Waals surface area contributed by atoms with Gasteiger partial charge in [0.25, 0.3) is 11.8 Å². The molecule has 1 aliphatic rings. The molecule has 2 amide bonds. The van der Waals surface area contributed by atoms with E-state index in [1.807, 2.05) is 18.2 Å². The van der Waals surface area contributed by atoms with Crippen molar-refractivity contribution in [1.82, 2.24) is 20.2 Å². The Hall–Kier alpha value is -3.87. The Morgan fingerprint density at radius 1 is 1.00 bits per heavy atom. The minimum Gasteiger partial charge on any atom is -0.275 e. The molecule has 0 spiro atoms. The second-order valence-corrected chi connectivity index (χ2v) is 7.28. The highest BCUT2D eigenvalue weighted by Gasteiger charge is 2.40. The first-order chi connectivity index (χ1) is 14.1. The van der Waals surface area contributed by atoms with Crippen LogP contribution in [0.3, 0.4) is 0 Å². The molecule has 29 heavy (non-hydrogen) atoms. The molecule has 0 radical (unpaired) electrons. The number of H-pyrrole nitrogens is 1. The van der Waals surface area contributed by atoms with Crippen molar-refractivity contribution in [3.63, 3.8) is 0 Å². The molecule has 4 aromatic rings. The Balaban J connectivity index is 1.67. The predicted molar refractivity (Wildman–Crippen MR) is 109 cm³/mol. The van der Waals surface area contributed by atoms with Crippen LogP contribution in [0.1, 0.15) is 46.0 Å². The van der Waals surface area contributed by atoms with Crippen LogP contribution < -0.4 is 4.90 Å². The van der Waals surface area contributed by atoms with Crippen molar-refractivity contribution in [3.05, 3.63) is 71.7 Å². The zero-order valence-corrected chi connectivity index (χ0v) is 15.9. The van der Waals surface area contributed by atoms with Crippen molar-refractivity contribution in [2.45, 2.75) is 19.8 Å². The number of anilines is 1. The molecule has 3 aromatic heterocycles. The zero-order valence-electron chi connectivity index (χ0n) is 15.9. The van der Waals surface area contributed by atoms with Gasteiger partial charge in [0.1, 0.15) is 0 Å².